The van der Waals surface area contributed by atoms with E-state index in [0.29, 0.717) is 25.3 Å². The van der Waals surface area contributed by atoms with Crippen LogP contribution in [-0.2, 0) is 4.79 Å². The Kier molecular flexibility index (Phi) is 3.64. The molecule has 5 N–H and O–H groups in total. The van der Waals surface area contributed by atoms with Gasteiger partial charge in [0.1, 0.15) is 0 Å². The summed E-state index contributed by atoms with van der Waals surface area (Å²) in [6.45, 7) is 2.76. The molecule has 1 amide bonds. The van der Waals surface area contributed by atoms with Crippen molar-refractivity contribution in [3.05, 3.63) is 0 Å². The quantitative estimate of drug-likeness (QED) is 0.545. The van der Waals surface area contributed by atoms with E-state index in [1.165, 1.54) is 0 Å². The normalized spacial score (nSPS) is 48.0. The van der Waals surface area contributed by atoms with Crippen molar-refractivity contribution >= 4 is 13.0 Å². The summed E-state index contributed by atoms with van der Waals surface area (Å²) in [6, 6.07) is -0.661. The van der Waals surface area contributed by atoms with Crippen LogP contribution in [0.4, 0.5) is 0 Å². The Labute approximate surface area is 143 Å². The standard InChI is InChI=1S/C17H29BN2O4/c1-15-5-11-6-16(8-15,10-17(22,7-11)9-15)13(19)14(21)20-4-2-3-12(20)18(23)24/h11-13,22-24H,2-10,19H2,1H3/t11?,12-,13+,15?,16?,17?/m0/s1. The lowest BCUT2D eigenvalue weighted by Crippen LogP contribution is -2.67. The van der Waals surface area contributed by atoms with Crippen molar-refractivity contribution in [2.75, 3.05) is 6.54 Å². The monoisotopic (exact) mass is 336 g/mol. The molecule has 1 saturated heterocycles. The van der Waals surface area contributed by atoms with E-state index < -0.39 is 24.7 Å². The minimum Gasteiger partial charge on any atom is -0.426 e. The molecule has 5 aliphatic rings. The minimum absolute atomic E-state index is 0.0764. The topological polar surface area (TPSA) is 107 Å². The number of nitrogens with zero attached hydrogens (tertiary/aromatic N) is 1. The molecule has 5 rings (SSSR count). The first kappa shape index (κ1) is 16.8. The summed E-state index contributed by atoms with van der Waals surface area (Å²) in [5.74, 6) is -0.260. The highest BCUT2D eigenvalue weighted by molar-refractivity contribution is 6.43. The minimum atomic E-state index is -1.51. The second-order valence-corrected chi connectivity index (χ2v) is 9.54. The van der Waals surface area contributed by atoms with Crippen molar-refractivity contribution in [3.63, 3.8) is 0 Å². The van der Waals surface area contributed by atoms with E-state index in [1.807, 2.05) is 0 Å². The van der Waals surface area contributed by atoms with Crippen LogP contribution >= 0.6 is 0 Å². The van der Waals surface area contributed by atoms with Crippen molar-refractivity contribution in [1.29, 1.82) is 0 Å². The molecule has 0 aromatic rings. The van der Waals surface area contributed by atoms with Crippen molar-refractivity contribution in [3.8, 4) is 0 Å². The predicted molar refractivity (Wildman–Crippen MR) is 89.6 cm³/mol. The summed E-state index contributed by atoms with van der Waals surface area (Å²) in [7, 11) is -1.51. The van der Waals surface area contributed by atoms with Gasteiger partial charge < -0.3 is 25.8 Å². The largest absolute Gasteiger partial charge is 0.475 e. The fraction of sp³-hybridized carbons (Fsp3) is 0.941. The molecule has 4 bridgehead atoms. The van der Waals surface area contributed by atoms with Crippen LogP contribution in [0.25, 0.3) is 0 Å². The van der Waals surface area contributed by atoms with Crippen molar-refractivity contribution in [2.24, 2.45) is 22.5 Å². The number of aliphatic hydroxyl groups is 1. The van der Waals surface area contributed by atoms with E-state index in [2.05, 4.69) is 6.92 Å². The fourth-order valence-corrected chi connectivity index (χ4v) is 7.11. The molecule has 1 heterocycles. The number of hydrogen-bond donors (Lipinski definition) is 4. The van der Waals surface area contributed by atoms with Gasteiger partial charge in [0.15, 0.2) is 0 Å². The Bertz CT molecular complexity index is 539. The molecule has 0 aromatic heterocycles. The molecule has 5 fully saturated rings. The van der Waals surface area contributed by atoms with Crippen molar-refractivity contribution < 1.29 is 19.9 Å². The second kappa shape index (κ2) is 5.19. The number of rotatable bonds is 3. The number of carbonyl (C=O) groups excluding carboxylic acids is 1. The van der Waals surface area contributed by atoms with Gasteiger partial charge in [-0.3, -0.25) is 4.79 Å². The summed E-state index contributed by atoms with van der Waals surface area (Å²) < 4.78 is 0. The molecule has 4 saturated carbocycles. The molecule has 7 heteroatoms. The third-order valence-electron chi connectivity index (χ3n) is 7.21. The maximum Gasteiger partial charge on any atom is 0.475 e. The molecule has 1 aliphatic heterocycles. The first-order valence-corrected chi connectivity index (χ1v) is 9.30. The fourth-order valence-electron chi connectivity index (χ4n) is 7.11. The average molecular weight is 336 g/mol. The van der Waals surface area contributed by atoms with E-state index in [4.69, 9.17) is 5.73 Å². The Morgan fingerprint density at radius 3 is 2.62 bits per heavy atom. The number of amides is 1. The zero-order valence-electron chi connectivity index (χ0n) is 14.4. The summed E-state index contributed by atoms with van der Waals surface area (Å²) in [5, 5.41) is 30.1. The Hall–Kier alpha value is -0.625. The van der Waals surface area contributed by atoms with Gasteiger partial charge in [-0.25, -0.2) is 0 Å². The van der Waals surface area contributed by atoms with Crippen LogP contribution in [0.1, 0.15) is 58.3 Å². The molecule has 24 heavy (non-hydrogen) atoms. The summed E-state index contributed by atoms with van der Waals surface area (Å²) in [6.07, 6.45) is 6.59. The van der Waals surface area contributed by atoms with Gasteiger partial charge in [-0.1, -0.05) is 6.92 Å². The lowest BCUT2D eigenvalue weighted by molar-refractivity contribution is -0.203. The third kappa shape index (κ3) is 2.43. The highest BCUT2D eigenvalue weighted by Gasteiger charge is 2.64. The van der Waals surface area contributed by atoms with Gasteiger partial charge >= 0.3 is 7.12 Å². The van der Waals surface area contributed by atoms with Gasteiger partial charge in [0.05, 0.1) is 17.6 Å². The van der Waals surface area contributed by atoms with Crippen LogP contribution in [0, 0.1) is 16.7 Å². The van der Waals surface area contributed by atoms with E-state index in [9.17, 15) is 19.9 Å². The first-order valence-electron chi connectivity index (χ1n) is 9.30. The Morgan fingerprint density at radius 2 is 2.00 bits per heavy atom. The molecule has 0 spiro atoms. The maximum atomic E-state index is 13.1. The van der Waals surface area contributed by atoms with Crippen LogP contribution in [-0.4, -0.2) is 57.2 Å². The first-order chi connectivity index (χ1) is 11.2. The highest BCUT2D eigenvalue weighted by Crippen LogP contribution is 2.67. The number of nitrogens with two attached hydrogens (primary N) is 1. The van der Waals surface area contributed by atoms with Gasteiger partial charge in [-0.15, -0.1) is 0 Å². The van der Waals surface area contributed by atoms with E-state index in [1.54, 1.807) is 4.90 Å². The lowest BCUT2D eigenvalue weighted by Gasteiger charge is -2.65. The van der Waals surface area contributed by atoms with E-state index in [0.717, 1.165) is 38.5 Å². The van der Waals surface area contributed by atoms with Crippen molar-refractivity contribution in [2.45, 2.75) is 75.9 Å². The lowest BCUT2D eigenvalue weighted by atomic mass is 9.41. The van der Waals surface area contributed by atoms with Crippen LogP contribution in [0.3, 0.4) is 0 Å². The van der Waals surface area contributed by atoms with Crippen LogP contribution in [0.15, 0.2) is 0 Å². The zero-order valence-corrected chi connectivity index (χ0v) is 14.4. The number of carbonyl (C=O) groups is 1. The Morgan fingerprint density at radius 1 is 1.25 bits per heavy atom. The molecule has 0 aromatic carbocycles. The number of likely N-dealkylation sites (tertiary alicyclic amines) is 1. The SMILES string of the molecule is CC12CC3CC(O)(C1)CC([C@H](N)C(=O)N1CCC[C@H]1B(O)O)(C3)C2. The van der Waals surface area contributed by atoms with Crippen LogP contribution in [0.2, 0.25) is 0 Å². The predicted octanol–water partition coefficient (Wildman–Crippen LogP) is 0.0381. The average Bonchev–Trinajstić information content (AvgIpc) is 2.91. The zero-order chi connectivity index (χ0) is 17.3. The molecule has 134 valence electrons. The molecule has 6 atom stereocenters. The molecular formula is C17H29BN2O4. The summed E-state index contributed by atoms with van der Waals surface area (Å²) in [5.41, 5.74) is 5.57. The van der Waals surface area contributed by atoms with Crippen molar-refractivity contribution in [1.82, 2.24) is 4.90 Å². The second-order valence-electron chi connectivity index (χ2n) is 9.54. The maximum absolute atomic E-state index is 13.1. The van der Waals surface area contributed by atoms with Crippen LogP contribution in [0.5, 0.6) is 0 Å². The highest BCUT2D eigenvalue weighted by atomic mass is 16.4. The Balaban J connectivity index is 1.60. The smallest absolute Gasteiger partial charge is 0.426 e. The molecule has 4 unspecified atom stereocenters. The molecular weight excluding hydrogens is 307 g/mol. The summed E-state index contributed by atoms with van der Waals surface area (Å²) in [4.78, 5) is 14.7. The van der Waals surface area contributed by atoms with Gasteiger partial charge in [0, 0.05) is 6.54 Å². The van der Waals surface area contributed by atoms with E-state index in [-0.39, 0.29) is 16.7 Å². The van der Waals surface area contributed by atoms with E-state index >= 15 is 0 Å². The van der Waals surface area contributed by atoms with Gasteiger partial charge in [0.25, 0.3) is 0 Å². The van der Waals surface area contributed by atoms with Gasteiger partial charge in [-0.2, -0.15) is 0 Å². The van der Waals surface area contributed by atoms with Gasteiger partial charge in [-0.05, 0) is 68.1 Å². The molecule has 4 aliphatic carbocycles. The van der Waals surface area contributed by atoms with Crippen LogP contribution < -0.4 is 5.73 Å². The van der Waals surface area contributed by atoms with Gasteiger partial charge in [0.2, 0.25) is 5.91 Å². The molecule has 0 radical (unpaired) electrons. The third-order valence-corrected chi connectivity index (χ3v) is 7.21. The molecule has 6 nitrogen and oxygen atoms in total. The summed E-state index contributed by atoms with van der Waals surface area (Å²) >= 11 is 0. The number of hydrogen-bond acceptors (Lipinski definition) is 5.